The highest BCUT2D eigenvalue weighted by Gasteiger charge is 2.30. The first-order chi connectivity index (χ1) is 8.87. The Hall–Kier alpha value is -0.810. The number of rotatable bonds is 5. The van der Waals surface area contributed by atoms with Gasteiger partial charge in [-0.25, -0.2) is 4.79 Å². The Bertz CT molecular complexity index is 281. The van der Waals surface area contributed by atoms with E-state index in [4.69, 9.17) is 4.74 Å². The van der Waals surface area contributed by atoms with Gasteiger partial charge in [0.1, 0.15) is 5.60 Å². The Morgan fingerprint density at radius 3 is 2.37 bits per heavy atom. The molecule has 1 saturated carbocycles. The molecule has 0 aromatic carbocycles. The molecule has 0 aromatic rings. The smallest absolute Gasteiger partial charge is 0.407 e. The number of carbonyl (C=O) groups is 1. The van der Waals surface area contributed by atoms with Crippen LogP contribution in [0.1, 0.15) is 52.9 Å². The van der Waals surface area contributed by atoms with Crippen LogP contribution >= 0.6 is 0 Å². The number of aliphatic hydroxyl groups is 1. The molecule has 0 radical (unpaired) electrons. The molecule has 0 heterocycles. The van der Waals surface area contributed by atoms with Crippen LogP contribution in [0.5, 0.6) is 0 Å². The van der Waals surface area contributed by atoms with Crippen molar-refractivity contribution < 1.29 is 14.6 Å². The zero-order valence-corrected chi connectivity index (χ0v) is 12.4. The summed E-state index contributed by atoms with van der Waals surface area (Å²) in [4.78, 5) is 11.4. The Balaban J connectivity index is 2.20. The average molecular weight is 272 g/mol. The van der Waals surface area contributed by atoms with Gasteiger partial charge in [-0.3, -0.25) is 0 Å². The molecule has 5 nitrogen and oxygen atoms in total. The Kier molecular flexibility index (Phi) is 6.07. The first-order valence-corrected chi connectivity index (χ1v) is 7.20. The summed E-state index contributed by atoms with van der Waals surface area (Å²) in [5.41, 5.74) is -0.610. The summed E-state index contributed by atoms with van der Waals surface area (Å²) in [6.45, 7) is 6.85. The van der Waals surface area contributed by atoms with Crippen molar-refractivity contribution in [1.29, 1.82) is 0 Å². The summed E-state index contributed by atoms with van der Waals surface area (Å²) in [5, 5.41) is 15.6. The Labute approximate surface area is 116 Å². The standard InChI is InChI=1S/C14H28N2O3/c1-13(2,3)19-12(18)15-9-10-16-14(11-17)7-5-4-6-8-14/h16-17H,4-11H2,1-3H3,(H,15,18). The largest absolute Gasteiger partial charge is 0.444 e. The zero-order valence-electron chi connectivity index (χ0n) is 12.4. The minimum atomic E-state index is -0.465. The van der Waals surface area contributed by atoms with Gasteiger partial charge in [0.15, 0.2) is 0 Å². The number of amides is 1. The number of hydrogen-bond acceptors (Lipinski definition) is 4. The molecule has 5 heteroatoms. The van der Waals surface area contributed by atoms with Gasteiger partial charge in [-0.15, -0.1) is 0 Å². The zero-order chi connectivity index (χ0) is 14.4. The van der Waals surface area contributed by atoms with E-state index in [2.05, 4.69) is 10.6 Å². The molecule has 0 spiro atoms. The summed E-state index contributed by atoms with van der Waals surface area (Å²) in [5.74, 6) is 0. The highest BCUT2D eigenvalue weighted by molar-refractivity contribution is 5.67. The average Bonchev–Trinajstić information content (AvgIpc) is 2.34. The van der Waals surface area contributed by atoms with Crippen LogP contribution < -0.4 is 10.6 Å². The van der Waals surface area contributed by atoms with Gasteiger partial charge in [-0.2, -0.15) is 0 Å². The Morgan fingerprint density at radius 1 is 1.21 bits per heavy atom. The van der Waals surface area contributed by atoms with Crippen molar-refractivity contribution >= 4 is 6.09 Å². The van der Waals surface area contributed by atoms with E-state index in [-0.39, 0.29) is 12.1 Å². The summed E-state index contributed by atoms with van der Waals surface area (Å²) >= 11 is 0. The number of ether oxygens (including phenoxy) is 1. The van der Waals surface area contributed by atoms with E-state index in [1.54, 1.807) is 0 Å². The van der Waals surface area contributed by atoms with E-state index in [9.17, 15) is 9.90 Å². The molecule has 0 aliphatic heterocycles. The molecule has 0 atom stereocenters. The molecule has 112 valence electrons. The lowest BCUT2D eigenvalue weighted by molar-refractivity contribution is 0.0524. The lowest BCUT2D eigenvalue weighted by Gasteiger charge is -2.36. The maximum atomic E-state index is 11.4. The van der Waals surface area contributed by atoms with Crippen LogP contribution in [0.4, 0.5) is 4.79 Å². The Morgan fingerprint density at radius 2 is 1.84 bits per heavy atom. The summed E-state index contributed by atoms with van der Waals surface area (Å²) < 4.78 is 5.15. The highest BCUT2D eigenvalue weighted by atomic mass is 16.6. The molecule has 19 heavy (non-hydrogen) atoms. The van der Waals surface area contributed by atoms with Crippen molar-refractivity contribution in [2.45, 2.75) is 64.0 Å². The third-order valence-electron chi connectivity index (χ3n) is 3.41. The third kappa shape index (κ3) is 6.25. The minimum absolute atomic E-state index is 0.145. The fraction of sp³-hybridized carbons (Fsp3) is 0.929. The van der Waals surface area contributed by atoms with Crippen molar-refractivity contribution in [2.75, 3.05) is 19.7 Å². The molecule has 0 bridgehead atoms. The van der Waals surface area contributed by atoms with Crippen LogP contribution in [0.3, 0.4) is 0 Å². The van der Waals surface area contributed by atoms with E-state index in [1.807, 2.05) is 20.8 Å². The topological polar surface area (TPSA) is 70.6 Å². The second-order valence-electron chi connectivity index (χ2n) is 6.35. The van der Waals surface area contributed by atoms with Gasteiger partial charge in [0.05, 0.1) is 6.61 Å². The van der Waals surface area contributed by atoms with Crippen LogP contribution in [-0.2, 0) is 4.74 Å². The second kappa shape index (κ2) is 7.10. The molecular weight excluding hydrogens is 244 g/mol. The molecule has 1 aliphatic carbocycles. The van der Waals surface area contributed by atoms with Crippen LogP contribution in [0, 0.1) is 0 Å². The lowest BCUT2D eigenvalue weighted by atomic mass is 9.82. The number of hydrogen-bond donors (Lipinski definition) is 3. The molecule has 1 rings (SSSR count). The summed E-state index contributed by atoms with van der Waals surface area (Å²) in [7, 11) is 0. The normalized spacial score (nSPS) is 18.9. The van der Waals surface area contributed by atoms with E-state index >= 15 is 0 Å². The van der Waals surface area contributed by atoms with Crippen molar-refractivity contribution in [1.82, 2.24) is 10.6 Å². The molecular formula is C14H28N2O3. The van der Waals surface area contributed by atoms with Gasteiger partial charge in [-0.1, -0.05) is 19.3 Å². The number of alkyl carbamates (subject to hydrolysis) is 1. The van der Waals surface area contributed by atoms with Gasteiger partial charge in [0.25, 0.3) is 0 Å². The van der Waals surface area contributed by atoms with Gasteiger partial charge in [0.2, 0.25) is 0 Å². The quantitative estimate of drug-likeness (QED) is 0.667. The van der Waals surface area contributed by atoms with E-state index in [0.29, 0.717) is 13.1 Å². The summed E-state index contributed by atoms with van der Waals surface area (Å²) in [6.07, 6.45) is 5.20. The maximum Gasteiger partial charge on any atom is 0.407 e. The van der Waals surface area contributed by atoms with Crippen LogP contribution in [0.2, 0.25) is 0 Å². The second-order valence-corrected chi connectivity index (χ2v) is 6.35. The molecule has 0 aromatic heterocycles. The first-order valence-electron chi connectivity index (χ1n) is 7.20. The predicted molar refractivity (Wildman–Crippen MR) is 75.1 cm³/mol. The highest BCUT2D eigenvalue weighted by Crippen LogP contribution is 2.27. The van der Waals surface area contributed by atoms with E-state index in [1.165, 1.54) is 6.42 Å². The first kappa shape index (κ1) is 16.2. The van der Waals surface area contributed by atoms with Crippen LogP contribution in [0.25, 0.3) is 0 Å². The minimum Gasteiger partial charge on any atom is -0.444 e. The van der Waals surface area contributed by atoms with Crippen LogP contribution in [0.15, 0.2) is 0 Å². The SMILES string of the molecule is CC(C)(C)OC(=O)NCCNC1(CO)CCCCC1. The molecule has 1 fully saturated rings. The number of carbonyl (C=O) groups excluding carboxylic acids is 1. The van der Waals surface area contributed by atoms with Crippen molar-refractivity contribution in [3.05, 3.63) is 0 Å². The lowest BCUT2D eigenvalue weighted by Crippen LogP contribution is -2.52. The molecule has 1 aliphatic rings. The molecule has 0 saturated heterocycles. The monoisotopic (exact) mass is 272 g/mol. The van der Waals surface area contributed by atoms with Crippen molar-refractivity contribution in [3.8, 4) is 0 Å². The third-order valence-corrected chi connectivity index (χ3v) is 3.41. The molecule has 3 N–H and O–H groups in total. The molecule has 1 amide bonds. The number of aliphatic hydroxyl groups excluding tert-OH is 1. The van der Waals surface area contributed by atoms with Gasteiger partial charge < -0.3 is 20.5 Å². The van der Waals surface area contributed by atoms with Crippen molar-refractivity contribution in [3.63, 3.8) is 0 Å². The fourth-order valence-electron chi connectivity index (χ4n) is 2.43. The maximum absolute atomic E-state index is 11.4. The van der Waals surface area contributed by atoms with Gasteiger partial charge in [0, 0.05) is 18.6 Å². The number of nitrogens with one attached hydrogen (secondary N) is 2. The van der Waals surface area contributed by atoms with E-state index < -0.39 is 11.7 Å². The molecule has 0 unspecified atom stereocenters. The van der Waals surface area contributed by atoms with Crippen LogP contribution in [-0.4, -0.2) is 42.0 Å². The van der Waals surface area contributed by atoms with Gasteiger partial charge >= 0.3 is 6.09 Å². The van der Waals surface area contributed by atoms with E-state index in [0.717, 1.165) is 25.7 Å². The van der Waals surface area contributed by atoms with Gasteiger partial charge in [-0.05, 0) is 33.6 Å². The predicted octanol–water partition coefficient (Wildman–Crippen LogP) is 1.80. The summed E-state index contributed by atoms with van der Waals surface area (Å²) in [6, 6.07) is 0. The van der Waals surface area contributed by atoms with Crippen molar-refractivity contribution in [2.24, 2.45) is 0 Å². The fourth-order valence-corrected chi connectivity index (χ4v) is 2.43.